The van der Waals surface area contributed by atoms with Crippen LogP contribution in [0.5, 0.6) is 23.0 Å². The first-order valence-electron chi connectivity index (χ1n) is 11.7. The van der Waals surface area contributed by atoms with Gasteiger partial charge in [0.2, 0.25) is 0 Å². The molecule has 0 saturated heterocycles. The van der Waals surface area contributed by atoms with Gasteiger partial charge in [-0.05, 0) is 21.7 Å². The largest absolute Gasteiger partial charge is 0.530 e. The van der Waals surface area contributed by atoms with Crippen molar-refractivity contribution >= 4 is 8.60 Å². The van der Waals surface area contributed by atoms with Crippen molar-refractivity contribution in [3.8, 4) is 23.0 Å². The van der Waals surface area contributed by atoms with E-state index in [2.05, 4.69) is 101 Å². The van der Waals surface area contributed by atoms with Crippen LogP contribution in [0.4, 0.5) is 0 Å². The van der Waals surface area contributed by atoms with E-state index in [0.717, 1.165) is 33.8 Å². The minimum absolute atomic E-state index is 0.111. The van der Waals surface area contributed by atoms with E-state index in [1.165, 1.54) is 0 Å². The van der Waals surface area contributed by atoms with Crippen LogP contribution in [0.15, 0.2) is 24.3 Å². The second kappa shape index (κ2) is 8.08. The molecule has 0 unspecified atom stereocenters. The van der Waals surface area contributed by atoms with Crippen LogP contribution in [0.3, 0.4) is 0 Å². The predicted molar refractivity (Wildman–Crippen MR) is 138 cm³/mol. The van der Waals surface area contributed by atoms with Crippen molar-refractivity contribution in [2.75, 3.05) is 0 Å². The molecule has 1 heterocycles. The average molecular weight is 473 g/mol. The van der Waals surface area contributed by atoms with Crippen molar-refractivity contribution in [3.63, 3.8) is 0 Å². The second-order valence-corrected chi connectivity index (χ2v) is 14.1. The Morgan fingerprint density at radius 2 is 0.909 bits per heavy atom. The standard InChI is InChI=1S/C28H41O4P/c1-25(2,3)17-13-14-18(26(4,5)6)22(21(17)29)30-33-31-23-19(27(7,8)9)15-16-20(24(23)32-33)28(10,11)12/h13-16,29H,1-12H3. The first-order valence-corrected chi connectivity index (χ1v) is 12.8. The summed E-state index contributed by atoms with van der Waals surface area (Å²) < 4.78 is 19.1. The van der Waals surface area contributed by atoms with Crippen LogP contribution in [0.25, 0.3) is 0 Å². The molecular weight excluding hydrogens is 431 g/mol. The Hall–Kier alpha value is -1.93. The van der Waals surface area contributed by atoms with Crippen molar-refractivity contribution in [3.05, 3.63) is 46.5 Å². The third kappa shape index (κ3) is 5.11. The van der Waals surface area contributed by atoms with E-state index in [9.17, 15) is 5.11 Å². The predicted octanol–water partition coefficient (Wildman–Crippen LogP) is 8.66. The summed E-state index contributed by atoms with van der Waals surface area (Å²) in [7, 11) is -1.76. The van der Waals surface area contributed by atoms with E-state index >= 15 is 0 Å². The van der Waals surface area contributed by atoms with E-state index in [1.807, 2.05) is 6.07 Å². The van der Waals surface area contributed by atoms with Gasteiger partial charge in [-0.25, -0.2) is 0 Å². The van der Waals surface area contributed by atoms with E-state index in [1.54, 1.807) is 0 Å². The highest BCUT2D eigenvalue weighted by atomic mass is 31.2. The van der Waals surface area contributed by atoms with E-state index in [-0.39, 0.29) is 27.4 Å². The third-order valence-electron chi connectivity index (χ3n) is 5.97. The van der Waals surface area contributed by atoms with E-state index in [0.29, 0.717) is 5.75 Å². The number of rotatable bonds is 2. The van der Waals surface area contributed by atoms with Gasteiger partial charge in [0.1, 0.15) is 0 Å². The number of benzene rings is 2. The van der Waals surface area contributed by atoms with Gasteiger partial charge in [-0.15, -0.1) is 0 Å². The summed E-state index contributed by atoms with van der Waals surface area (Å²) >= 11 is 0. The highest BCUT2D eigenvalue weighted by Crippen LogP contribution is 2.60. The summed E-state index contributed by atoms with van der Waals surface area (Å²) in [6.45, 7) is 25.6. The molecule has 0 saturated carbocycles. The van der Waals surface area contributed by atoms with Crippen molar-refractivity contribution in [1.82, 2.24) is 0 Å². The van der Waals surface area contributed by atoms with Crippen LogP contribution in [-0.2, 0) is 21.7 Å². The molecule has 0 fully saturated rings. The monoisotopic (exact) mass is 472 g/mol. The fraction of sp³-hybridized carbons (Fsp3) is 0.571. The van der Waals surface area contributed by atoms with E-state index in [4.69, 9.17) is 13.6 Å². The minimum atomic E-state index is -1.76. The molecule has 0 atom stereocenters. The summed E-state index contributed by atoms with van der Waals surface area (Å²) in [6.07, 6.45) is 0. The maximum Gasteiger partial charge on any atom is 0.530 e. The quantitative estimate of drug-likeness (QED) is 0.444. The molecule has 33 heavy (non-hydrogen) atoms. The normalized spacial score (nSPS) is 15.2. The number of hydrogen-bond acceptors (Lipinski definition) is 4. The summed E-state index contributed by atoms with van der Waals surface area (Å²) in [6, 6.07) is 8.33. The summed E-state index contributed by atoms with van der Waals surface area (Å²) in [4.78, 5) is 0. The van der Waals surface area contributed by atoms with Crippen LogP contribution >= 0.6 is 8.60 Å². The number of phenolic OH excluding ortho intramolecular Hbond substituents is 1. The van der Waals surface area contributed by atoms with Gasteiger partial charge in [0.15, 0.2) is 23.0 Å². The van der Waals surface area contributed by atoms with Crippen LogP contribution in [0, 0.1) is 0 Å². The molecule has 2 aromatic carbocycles. The van der Waals surface area contributed by atoms with Gasteiger partial charge < -0.3 is 18.7 Å². The molecule has 0 bridgehead atoms. The topological polar surface area (TPSA) is 47.9 Å². The zero-order chi connectivity index (χ0) is 25.1. The maximum atomic E-state index is 11.3. The number of phenols is 1. The average Bonchev–Trinajstić information content (AvgIpc) is 3.01. The van der Waals surface area contributed by atoms with Crippen LogP contribution in [0.1, 0.15) is 105 Å². The molecule has 5 heteroatoms. The molecule has 1 aliphatic rings. The number of aromatic hydroxyl groups is 1. The van der Waals surface area contributed by atoms with Crippen molar-refractivity contribution in [2.24, 2.45) is 0 Å². The van der Waals surface area contributed by atoms with Crippen molar-refractivity contribution in [1.29, 1.82) is 0 Å². The van der Waals surface area contributed by atoms with Gasteiger partial charge in [-0.1, -0.05) is 107 Å². The van der Waals surface area contributed by atoms with Gasteiger partial charge in [0, 0.05) is 22.3 Å². The second-order valence-electron chi connectivity index (χ2n) is 13.2. The van der Waals surface area contributed by atoms with Crippen LogP contribution < -0.4 is 13.6 Å². The van der Waals surface area contributed by atoms with Crippen LogP contribution in [0.2, 0.25) is 0 Å². The molecule has 4 nitrogen and oxygen atoms in total. The zero-order valence-electron chi connectivity index (χ0n) is 22.4. The van der Waals surface area contributed by atoms with Crippen molar-refractivity contribution < 1.29 is 18.7 Å². The Morgan fingerprint density at radius 3 is 1.27 bits per heavy atom. The lowest BCUT2D eigenvalue weighted by Gasteiger charge is -2.28. The van der Waals surface area contributed by atoms with Gasteiger partial charge in [-0.2, -0.15) is 0 Å². The molecular formula is C28H41O4P. The number of fused-ring (bicyclic) bond motifs is 1. The molecule has 0 amide bonds. The van der Waals surface area contributed by atoms with Gasteiger partial charge in [0.25, 0.3) is 0 Å². The fourth-order valence-corrected chi connectivity index (χ4v) is 5.17. The van der Waals surface area contributed by atoms with E-state index < -0.39 is 8.60 Å². The fourth-order valence-electron chi connectivity index (χ4n) is 4.06. The molecule has 182 valence electrons. The Morgan fingerprint density at radius 1 is 0.576 bits per heavy atom. The van der Waals surface area contributed by atoms with Gasteiger partial charge in [-0.3, -0.25) is 0 Å². The zero-order valence-corrected chi connectivity index (χ0v) is 23.3. The third-order valence-corrected chi connectivity index (χ3v) is 6.97. The summed E-state index contributed by atoms with van der Waals surface area (Å²) in [5, 5.41) is 11.3. The molecule has 0 aromatic heterocycles. The summed E-state index contributed by atoms with van der Waals surface area (Å²) in [5.41, 5.74) is 3.25. The highest BCUT2D eigenvalue weighted by Gasteiger charge is 2.40. The lowest BCUT2D eigenvalue weighted by Crippen LogP contribution is -2.17. The van der Waals surface area contributed by atoms with Crippen molar-refractivity contribution in [2.45, 2.75) is 105 Å². The smallest absolute Gasteiger partial charge is 0.504 e. The van der Waals surface area contributed by atoms with Crippen LogP contribution in [-0.4, -0.2) is 5.11 Å². The number of hydrogen-bond donors (Lipinski definition) is 1. The first-order chi connectivity index (χ1) is 14.8. The molecule has 3 rings (SSSR count). The molecule has 1 aliphatic heterocycles. The Kier molecular flexibility index (Phi) is 6.29. The molecule has 2 aromatic rings. The maximum absolute atomic E-state index is 11.3. The molecule has 0 radical (unpaired) electrons. The Bertz CT molecular complexity index is 1000. The molecule has 0 aliphatic carbocycles. The molecule has 0 spiro atoms. The summed E-state index contributed by atoms with van der Waals surface area (Å²) in [5.74, 6) is 2.12. The van der Waals surface area contributed by atoms with Gasteiger partial charge in [0.05, 0.1) is 0 Å². The first kappa shape index (κ1) is 25.7. The lowest BCUT2D eigenvalue weighted by molar-refractivity contribution is 0.380. The highest BCUT2D eigenvalue weighted by molar-refractivity contribution is 7.43. The Balaban J connectivity index is 2.10. The SMILES string of the molecule is CC(C)(C)c1ccc(C(C)(C)C)c(OP2Oc3c(C(C)(C)C)ccc(C(C)(C)C)c3O2)c1O. The lowest BCUT2D eigenvalue weighted by atomic mass is 9.81. The molecule has 1 N–H and O–H groups in total. The Labute approximate surface area is 201 Å². The van der Waals surface area contributed by atoms with Gasteiger partial charge >= 0.3 is 8.60 Å². The minimum Gasteiger partial charge on any atom is -0.504 e.